The number of carbonyl (C=O) groups is 1. The zero-order chi connectivity index (χ0) is 10.8. The van der Waals surface area contributed by atoms with E-state index in [-0.39, 0.29) is 5.91 Å². The molecule has 1 saturated carbocycles. The molecule has 2 unspecified atom stereocenters. The minimum absolute atomic E-state index is 0.00334. The molecule has 0 aromatic carbocycles. The van der Waals surface area contributed by atoms with Crippen molar-refractivity contribution in [1.82, 2.24) is 5.32 Å². The molecule has 3 heteroatoms. The highest BCUT2D eigenvalue weighted by atomic mass is 16.5. The topological polar surface area (TPSA) is 38.3 Å². The molecule has 1 fully saturated rings. The molecule has 0 radical (unpaired) electrons. The fourth-order valence-corrected chi connectivity index (χ4v) is 1.55. The average molecular weight is 199 g/mol. The largest absolute Gasteiger partial charge is 0.369 e. The Bertz CT molecular complexity index is 213. The predicted molar refractivity (Wildman–Crippen MR) is 56.0 cm³/mol. The van der Waals surface area contributed by atoms with Gasteiger partial charge in [-0.15, -0.1) is 0 Å². The molecule has 82 valence electrons. The van der Waals surface area contributed by atoms with Crippen molar-refractivity contribution in [2.75, 3.05) is 7.11 Å². The van der Waals surface area contributed by atoms with E-state index in [4.69, 9.17) is 4.74 Å². The third-order valence-electron chi connectivity index (χ3n) is 2.96. The van der Waals surface area contributed by atoms with E-state index in [0.717, 1.165) is 6.42 Å². The van der Waals surface area contributed by atoms with Crippen LogP contribution in [0.5, 0.6) is 0 Å². The van der Waals surface area contributed by atoms with Crippen molar-refractivity contribution < 1.29 is 9.53 Å². The molecule has 0 bridgehead atoms. The highest BCUT2D eigenvalue weighted by Gasteiger charge is 2.40. The number of hydrogen-bond acceptors (Lipinski definition) is 2. The molecule has 1 N–H and O–H groups in total. The first kappa shape index (κ1) is 11.5. The lowest BCUT2D eigenvalue weighted by Crippen LogP contribution is -2.44. The van der Waals surface area contributed by atoms with Gasteiger partial charge in [-0.2, -0.15) is 0 Å². The standard InChI is InChI=1S/C11H21NO2/c1-5-6-8-7-9(8)12-10(13)11(2,3)14-4/h8-9H,5-7H2,1-4H3,(H,12,13). The van der Waals surface area contributed by atoms with E-state index in [9.17, 15) is 4.79 Å². The van der Waals surface area contributed by atoms with E-state index in [1.807, 2.05) is 0 Å². The lowest BCUT2D eigenvalue weighted by atomic mass is 10.1. The quantitative estimate of drug-likeness (QED) is 0.732. The first-order valence-corrected chi connectivity index (χ1v) is 5.37. The minimum Gasteiger partial charge on any atom is -0.369 e. The van der Waals surface area contributed by atoms with Crippen LogP contribution in [0.1, 0.15) is 40.0 Å². The van der Waals surface area contributed by atoms with Crippen molar-refractivity contribution in [2.45, 2.75) is 51.7 Å². The van der Waals surface area contributed by atoms with Gasteiger partial charge >= 0.3 is 0 Å². The lowest BCUT2D eigenvalue weighted by molar-refractivity contribution is -0.139. The summed E-state index contributed by atoms with van der Waals surface area (Å²) in [4.78, 5) is 11.7. The summed E-state index contributed by atoms with van der Waals surface area (Å²) >= 11 is 0. The Hall–Kier alpha value is -0.570. The van der Waals surface area contributed by atoms with E-state index in [0.29, 0.717) is 12.0 Å². The maximum atomic E-state index is 11.7. The van der Waals surface area contributed by atoms with Crippen LogP contribution in [0, 0.1) is 5.92 Å². The summed E-state index contributed by atoms with van der Waals surface area (Å²) in [6.07, 6.45) is 3.56. The van der Waals surface area contributed by atoms with Gasteiger partial charge in [0, 0.05) is 13.2 Å². The molecule has 2 atom stereocenters. The van der Waals surface area contributed by atoms with Gasteiger partial charge in [-0.05, 0) is 32.6 Å². The summed E-state index contributed by atoms with van der Waals surface area (Å²) in [5.41, 5.74) is -0.695. The van der Waals surface area contributed by atoms with E-state index in [2.05, 4.69) is 12.2 Å². The Labute approximate surface area is 86.2 Å². The molecule has 1 rings (SSSR count). The highest BCUT2D eigenvalue weighted by molar-refractivity contribution is 5.84. The van der Waals surface area contributed by atoms with Crippen molar-refractivity contribution in [3.63, 3.8) is 0 Å². The maximum Gasteiger partial charge on any atom is 0.251 e. The number of ether oxygens (including phenoxy) is 1. The second kappa shape index (κ2) is 4.30. The third kappa shape index (κ3) is 2.71. The fraction of sp³-hybridized carbons (Fsp3) is 0.909. The summed E-state index contributed by atoms with van der Waals surface area (Å²) in [6, 6.07) is 0.400. The van der Waals surface area contributed by atoms with Crippen molar-refractivity contribution in [3.05, 3.63) is 0 Å². The molecule has 0 aromatic rings. The second-order valence-electron chi connectivity index (χ2n) is 4.58. The van der Waals surface area contributed by atoms with Crippen LogP contribution in [0.15, 0.2) is 0 Å². The minimum atomic E-state index is -0.695. The molecule has 0 aliphatic heterocycles. The Balaban J connectivity index is 2.30. The number of rotatable bonds is 5. The molecule has 0 aromatic heterocycles. The van der Waals surface area contributed by atoms with E-state index >= 15 is 0 Å². The molecular weight excluding hydrogens is 178 g/mol. The molecule has 0 saturated heterocycles. The van der Waals surface area contributed by atoms with Gasteiger partial charge in [-0.1, -0.05) is 13.3 Å². The van der Waals surface area contributed by atoms with Crippen LogP contribution < -0.4 is 5.32 Å². The van der Waals surface area contributed by atoms with Gasteiger partial charge in [0.1, 0.15) is 5.60 Å². The van der Waals surface area contributed by atoms with Gasteiger partial charge < -0.3 is 10.1 Å². The zero-order valence-corrected chi connectivity index (χ0v) is 9.59. The molecular formula is C11H21NO2. The molecule has 3 nitrogen and oxygen atoms in total. The van der Waals surface area contributed by atoms with Crippen molar-refractivity contribution in [1.29, 1.82) is 0 Å². The average Bonchev–Trinajstić information content (AvgIpc) is 2.84. The van der Waals surface area contributed by atoms with Crippen molar-refractivity contribution in [3.8, 4) is 0 Å². The van der Waals surface area contributed by atoms with Gasteiger partial charge in [-0.25, -0.2) is 0 Å². The number of amides is 1. The number of hydrogen-bond donors (Lipinski definition) is 1. The van der Waals surface area contributed by atoms with E-state index in [1.54, 1.807) is 21.0 Å². The van der Waals surface area contributed by atoms with E-state index in [1.165, 1.54) is 12.8 Å². The summed E-state index contributed by atoms with van der Waals surface area (Å²) in [5, 5.41) is 3.02. The molecule has 0 heterocycles. The monoisotopic (exact) mass is 199 g/mol. The highest BCUT2D eigenvalue weighted by Crippen LogP contribution is 2.34. The summed E-state index contributed by atoms with van der Waals surface area (Å²) < 4.78 is 5.11. The molecule has 1 amide bonds. The SMILES string of the molecule is CCCC1CC1NC(=O)C(C)(C)OC. The van der Waals surface area contributed by atoms with Crippen LogP contribution >= 0.6 is 0 Å². The van der Waals surface area contributed by atoms with Crippen LogP contribution in [-0.4, -0.2) is 24.7 Å². The lowest BCUT2D eigenvalue weighted by Gasteiger charge is -2.21. The Morgan fingerprint density at radius 2 is 2.21 bits per heavy atom. The molecule has 14 heavy (non-hydrogen) atoms. The number of methoxy groups -OCH3 is 1. The van der Waals surface area contributed by atoms with Gasteiger partial charge in [0.15, 0.2) is 0 Å². The van der Waals surface area contributed by atoms with Crippen LogP contribution in [0.4, 0.5) is 0 Å². The first-order valence-electron chi connectivity index (χ1n) is 5.37. The zero-order valence-electron chi connectivity index (χ0n) is 9.59. The maximum absolute atomic E-state index is 11.7. The normalized spacial score (nSPS) is 26.0. The Kier molecular flexibility index (Phi) is 3.53. The van der Waals surface area contributed by atoms with Crippen LogP contribution in [0.3, 0.4) is 0 Å². The van der Waals surface area contributed by atoms with Crippen molar-refractivity contribution >= 4 is 5.91 Å². The summed E-state index contributed by atoms with van der Waals surface area (Å²) in [6.45, 7) is 5.76. The second-order valence-corrected chi connectivity index (χ2v) is 4.58. The molecule has 1 aliphatic carbocycles. The molecule has 0 spiro atoms. The Morgan fingerprint density at radius 1 is 1.57 bits per heavy atom. The molecule has 1 aliphatic rings. The van der Waals surface area contributed by atoms with Gasteiger partial charge in [0.2, 0.25) is 0 Å². The number of nitrogens with one attached hydrogen (secondary N) is 1. The van der Waals surface area contributed by atoms with Crippen LogP contribution in [0.2, 0.25) is 0 Å². The van der Waals surface area contributed by atoms with Gasteiger partial charge in [0.05, 0.1) is 0 Å². The van der Waals surface area contributed by atoms with Gasteiger partial charge in [0.25, 0.3) is 5.91 Å². The Morgan fingerprint density at radius 3 is 2.71 bits per heavy atom. The third-order valence-corrected chi connectivity index (χ3v) is 2.96. The fourth-order valence-electron chi connectivity index (χ4n) is 1.55. The van der Waals surface area contributed by atoms with Crippen LogP contribution in [-0.2, 0) is 9.53 Å². The van der Waals surface area contributed by atoms with Gasteiger partial charge in [-0.3, -0.25) is 4.79 Å². The van der Waals surface area contributed by atoms with E-state index < -0.39 is 5.60 Å². The summed E-state index contributed by atoms with van der Waals surface area (Å²) in [5.74, 6) is 0.709. The van der Waals surface area contributed by atoms with Crippen molar-refractivity contribution in [2.24, 2.45) is 5.92 Å². The number of carbonyl (C=O) groups excluding carboxylic acids is 1. The first-order chi connectivity index (χ1) is 6.51. The van der Waals surface area contributed by atoms with Crippen LogP contribution in [0.25, 0.3) is 0 Å². The summed E-state index contributed by atoms with van der Waals surface area (Å²) in [7, 11) is 1.57. The smallest absolute Gasteiger partial charge is 0.251 e. The predicted octanol–water partition coefficient (Wildman–Crippen LogP) is 1.72.